The molecule has 0 bridgehead atoms. The minimum atomic E-state index is -0.687. The highest BCUT2D eigenvalue weighted by Crippen LogP contribution is 2.29. The maximum absolute atomic E-state index is 10.2. The van der Waals surface area contributed by atoms with E-state index in [1.807, 2.05) is 32.3 Å². The maximum Gasteiger partial charge on any atom is 0.0891 e. The Labute approximate surface area is 83.6 Å². The summed E-state index contributed by atoms with van der Waals surface area (Å²) in [7, 11) is 1.90. The Morgan fingerprint density at radius 2 is 2.31 bits per heavy atom. The van der Waals surface area contributed by atoms with E-state index in [0.29, 0.717) is 0 Å². The maximum atomic E-state index is 10.2. The average Bonchev–Trinajstić information content (AvgIpc) is 2.48. The van der Waals surface area contributed by atoms with Crippen LogP contribution in [-0.4, -0.2) is 18.7 Å². The van der Waals surface area contributed by atoms with E-state index in [1.165, 1.54) is 4.88 Å². The van der Waals surface area contributed by atoms with Crippen LogP contribution in [0, 0.1) is 6.92 Å². The van der Waals surface area contributed by atoms with Crippen LogP contribution >= 0.6 is 11.3 Å². The topological polar surface area (TPSA) is 32.3 Å². The first kappa shape index (κ1) is 10.7. The van der Waals surface area contributed by atoms with Crippen molar-refractivity contribution in [1.29, 1.82) is 0 Å². The predicted octanol–water partition coefficient (Wildman–Crippen LogP) is 1.87. The third kappa shape index (κ3) is 2.53. The van der Waals surface area contributed by atoms with Gasteiger partial charge in [0.2, 0.25) is 0 Å². The van der Waals surface area contributed by atoms with Gasteiger partial charge < -0.3 is 10.4 Å². The number of aryl methyl sites for hydroxylation is 1. The van der Waals surface area contributed by atoms with Gasteiger partial charge in [0.05, 0.1) is 5.60 Å². The minimum absolute atomic E-state index is 0.687. The zero-order chi connectivity index (χ0) is 9.90. The summed E-state index contributed by atoms with van der Waals surface area (Å²) < 4.78 is 0. The number of nitrogens with one attached hydrogen (secondary N) is 1. The lowest BCUT2D eigenvalue weighted by Crippen LogP contribution is -2.26. The van der Waals surface area contributed by atoms with Crippen molar-refractivity contribution in [3.8, 4) is 0 Å². The summed E-state index contributed by atoms with van der Waals surface area (Å²) in [6.45, 7) is 4.76. The number of hydrogen-bond donors (Lipinski definition) is 2. The molecule has 0 spiro atoms. The van der Waals surface area contributed by atoms with Gasteiger partial charge in [-0.15, -0.1) is 11.3 Å². The van der Waals surface area contributed by atoms with Gasteiger partial charge in [-0.3, -0.25) is 0 Å². The first-order valence-corrected chi connectivity index (χ1v) is 5.37. The Balaban J connectivity index is 2.74. The molecular weight excluding hydrogens is 182 g/mol. The molecule has 0 radical (unpaired) electrons. The van der Waals surface area contributed by atoms with Crippen molar-refractivity contribution in [3.05, 3.63) is 21.9 Å². The van der Waals surface area contributed by atoms with E-state index in [1.54, 1.807) is 11.3 Å². The van der Waals surface area contributed by atoms with E-state index in [-0.39, 0.29) is 0 Å². The molecule has 1 atom stereocenters. The van der Waals surface area contributed by atoms with Crippen LogP contribution in [0.25, 0.3) is 0 Å². The van der Waals surface area contributed by atoms with Crippen LogP contribution in [0.1, 0.15) is 23.8 Å². The summed E-state index contributed by atoms with van der Waals surface area (Å²) in [4.78, 5) is 1.21. The Morgan fingerprint density at radius 3 is 2.77 bits per heavy atom. The largest absolute Gasteiger partial charge is 0.385 e. The van der Waals surface area contributed by atoms with E-state index >= 15 is 0 Å². The van der Waals surface area contributed by atoms with Gasteiger partial charge in [0, 0.05) is 4.88 Å². The molecule has 0 aliphatic rings. The van der Waals surface area contributed by atoms with Crippen molar-refractivity contribution in [1.82, 2.24) is 5.32 Å². The van der Waals surface area contributed by atoms with Gasteiger partial charge in [-0.2, -0.15) is 0 Å². The summed E-state index contributed by atoms with van der Waals surface area (Å²) >= 11 is 1.68. The monoisotopic (exact) mass is 199 g/mol. The summed E-state index contributed by atoms with van der Waals surface area (Å²) in [5, 5.41) is 15.2. The number of aliphatic hydroxyl groups is 1. The van der Waals surface area contributed by atoms with E-state index in [4.69, 9.17) is 0 Å². The van der Waals surface area contributed by atoms with Crippen LogP contribution in [0.15, 0.2) is 11.4 Å². The third-order valence-corrected chi connectivity index (χ3v) is 3.15. The molecule has 1 rings (SSSR count). The van der Waals surface area contributed by atoms with Crippen molar-refractivity contribution in [3.63, 3.8) is 0 Å². The molecule has 0 aromatic carbocycles. The Hall–Kier alpha value is -0.380. The molecule has 3 heteroatoms. The Morgan fingerprint density at radius 1 is 1.62 bits per heavy atom. The second-order valence-electron chi connectivity index (χ2n) is 3.52. The Bertz CT molecular complexity index is 268. The van der Waals surface area contributed by atoms with Crippen LogP contribution in [0.3, 0.4) is 0 Å². The molecule has 0 amide bonds. The molecule has 0 saturated heterocycles. The average molecular weight is 199 g/mol. The van der Waals surface area contributed by atoms with Gasteiger partial charge in [-0.1, -0.05) is 0 Å². The molecule has 0 aliphatic carbocycles. The minimum Gasteiger partial charge on any atom is -0.385 e. The summed E-state index contributed by atoms with van der Waals surface area (Å²) in [6.07, 6.45) is 0.751. The molecule has 0 saturated carbocycles. The van der Waals surface area contributed by atoms with Gasteiger partial charge in [0.15, 0.2) is 0 Å². The Kier molecular flexibility index (Phi) is 3.47. The van der Waals surface area contributed by atoms with Crippen LogP contribution in [-0.2, 0) is 5.60 Å². The number of thiophene rings is 1. The van der Waals surface area contributed by atoms with Crippen molar-refractivity contribution >= 4 is 11.3 Å². The van der Waals surface area contributed by atoms with E-state index < -0.39 is 5.60 Å². The van der Waals surface area contributed by atoms with Gasteiger partial charge in [-0.25, -0.2) is 0 Å². The second-order valence-corrected chi connectivity index (χ2v) is 4.64. The van der Waals surface area contributed by atoms with E-state index in [9.17, 15) is 5.11 Å². The molecular formula is C10H17NOS. The van der Waals surface area contributed by atoms with Gasteiger partial charge in [0.25, 0.3) is 0 Å². The molecule has 74 valence electrons. The fraction of sp³-hybridized carbons (Fsp3) is 0.600. The van der Waals surface area contributed by atoms with Gasteiger partial charge >= 0.3 is 0 Å². The molecule has 1 heterocycles. The smallest absolute Gasteiger partial charge is 0.0891 e. The molecule has 0 aliphatic heterocycles. The highest BCUT2D eigenvalue weighted by atomic mass is 32.1. The molecule has 1 unspecified atom stereocenters. The lowest BCUT2D eigenvalue weighted by molar-refractivity contribution is 0.0484. The molecule has 2 N–H and O–H groups in total. The third-order valence-electron chi connectivity index (χ3n) is 2.30. The number of hydrogen-bond acceptors (Lipinski definition) is 3. The molecule has 1 aromatic rings. The van der Waals surface area contributed by atoms with E-state index in [2.05, 4.69) is 5.32 Å². The van der Waals surface area contributed by atoms with Crippen molar-refractivity contribution in [2.75, 3.05) is 13.6 Å². The van der Waals surface area contributed by atoms with Crippen molar-refractivity contribution < 1.29 is 5.11 Å². The second kappa shape index (κ2) is 4.22. The zero-order valence-corrected chi connectivity index (χ0v) is 9.24. The van der Waals surface area contributed by atoms with Gasteiger partial charge in [-0.05, 0) is 50.9 Å². The van der Waals surface area contributed by atoms with Crippen LogP contribution in [0.2, 0.25) is 0 Å². The SMILES string of the molecule is CNCCC(C)(O)c1ccsc1C. The van der Waals surface area contributed by atoms with E-state index in [0.717, 1.165) is 18.5 Å². The highest BCUT2D eigenvalue weighted by Gasteiger charge is 2.24. The quantitative estimate of drug-likeness (QED) is 0.776. The van der Waals surface area contributed by atoms with Crippen LogP contribution in [0.5, 0.6) is 0 Å². The number of rotatable bonds is 4. The van der Waals surface area contributed by atoms with Crippen LogP contribution < -0.4 is 5.32 Å². The summed E-state index contributed by atoms with van der Waals surface area (Å²) in [6, 6.07) is 2.01. The molecule has 0 fully saturated rings. The van der Waals surface area contributed by atoms with Crippen molar-refractivity contribution in [2.45, 2.75) is 25.9 Å². The van der Waals surface area contributed by atoms with Crippen molar-refractivity contribution in [2.24, 2.45) is 0 Å². The predicted molar refractivity (Wildman–Crippen MR) is 57.2 cm³/mol. The summed E-state index contributed by atoms with van der Waals surface area (Å²) in [5.74, 6) is 0. The highest BCUT2D eigenvalue weighted by molar-refractivity contribution is 7.10. The molecule has 2 nitrogen and oxygen atoms in total. The fourth-order valence-corrected chi connectivity index (χ4v) is 2.27. The first-order valence-electron chi connectivity index (χ1n) is 4.49. The zero-order valence-electron chi connectivity index (χ0n) is 8.42. The normalized spacial score (nSPS) is 15.7. The standard InChI is InChI=1S/C10H17NOS/c1-8-9(4-7-13-8)10(2,12)5-6-11-3/h4,7,11-12H,5-6H2,1-3H3. The lowest BCUT2D eigenvalue weighted by atomic mass is 9.93. The molecule has 1 aromatic heterocycles. The van der Waals surface area contributed by atoms with Crippen LogP contribution in [0.4, 0.5) is 0 Å². The fourth-order valence-electron chi connectivity index (χ4n) is 1.45. The summed E-state index contributed by atoms with van der Waals surface area (Å²) in [5.41, 5.74) is 0.375. The first-order chi connectivity index (χ1) is 6.08. The van der Waals surface area contributed by atoms with Gasteiger partial charge in [0.1, 0.15) is 0 Å². The lowest BCUT2D eigenvalue weighted by Gasteiger charge is -2.23. The molecule has 13 heavy (non-hydrogen) atoms.